The first kappa shape index (κ1) is 20.2. The number of carbonyl (C=O) groups excluding carboxylic acids is 1. The molecule has 2 aliphatic heterocycles. The maximum absolute atomic E-state index is 13.0. The Bertz CT molecular complexity index is 873. The molecule has 0 saturated carbocycles. The summed E-state index contributed by atoms with van der Waals surface area (Å²) in [6, 6.07) is 4.90. The molecule has 4 rings (SSSR count). The van der Waals surface area contributed by atoms with Gasteiger partial charge < -0.3 is 14.6 Å². The summed E-state index contributed by atoms with van der Waals surface area (Å²) < 4.78 is 50.6. The number of aliphatic hydroxyl groups excluding tert-OH is 1. The van der Waals surface area contributed by atoms with E-state index in [0.29, 0.717) is 24.0 Å². The Kier molecular flexibility index (Phi) is 5.07. The molecule has 2 fully saturated rings. The summed E-state index contributed by atoms with van der Waals surface area (Å²) in [7, 11) is 0. The molecule has 1 aliphatic carbocycles. The zero-order valence-electron chi connectivity index (χ0n) is 16.0. The van der Waals surface area contributed by atoms with Crippen molar-refractivity contribution in [1.82, 2.24) is 0 Å². The van der Waals surface area contributed by atoms with E-state index < -0.39 is 23.8 Å². The smallest absolute Gasteiger partial charge is 0.416 e. The van der Waals surface area contributed by atoms with Crippen LogP contribution in [0.1, 0.15) is 43.7 Å². The van der Waals surface area contributed by atoms with Crippen LogP contribution in [0.25, 0.3) is 6.08 Å². The van der Waals surface area contributed by atoms with Gasteiger partial charge in [-0.25, -0.2) is 4.79 Å². The van der Waals surface area contributed by atoms with Crippen LogP contribution in [-0.4, -0.2) is 35.5 Å². The van der Waals surface area contributed by atoms with Gasteiger partial charge in [-0.1, -0.05) is 18.2 Å². The van der Waals surface area contributed by atoms with Crippen molar-refractivity contribution >= 4 is 12.0 Å². The van der Waals surface area contributed by atoms with Gasteiger partial charge in [-0.3, -0.25) is 0 Å². The lowest BCUT2D eigenvalue weighted by Crippen LogP contribution is -2.29. The summed E-state index contributed by atoms with van der Waals surface area (Å²) in [5.41, 5.74) is 0.420. The summed E-state index contributed by atoms with van der Waals surface area (Å²) in [4.78, 5) is 12.6. The van der Waals surface area contributed by atoms with Gasteiger partial charge in [0.1, 0.15) is 12.2 Å². The Morgan fingerprint density at radius 2 is 2.14 bits per heavy atom. The zero-order chi connectivity index (χ0) is 20.8. The molecule has 156 valence electrons. The highest BCUT2D eigenvalue weighted by atomic mass is 19.4. The van der Waals surface area contributed by atoms with E-state index in [0.717, 1.165) is 30.5 Å². The molecule has 0 aromatic heterocycles. The fraction of sp³-hybridized carbons (Fsp3) is 0.500. The molecule has 2 heterocycles. The van der Waals surface area contributed by atoms with Crippen molar-refractivity contribution < 1.29 is 32.5 Å². The maximum atomic E-state index is 13.0. The van der Waals surface area contributed by atoms with Crippen LogP contribution in [0.2, 0.25) is 0 Å². The summed E-state index contributed by atoms with van der Waals surface area (Å²) in [6.07, 6.45) is 1.08. The number of alkyl halides is 3. The number of allylic oxidation sites excluding steroid dienone is 1. The summed E-state index contributed by atoms with van der Waals surface area (Å²) in [5.74, 6) is -0.805. The van der Waals surface area contributed by atoms with Crippen molar-refractivity contribution in [3.8, 4) is 0 Å². The fourth-order valence-electron chi connectivity index (χ4n) is 4.37. The van der Waals surface area contributed by atoms with Crippen molar-refractivity contribution in [3.63, 3.8) is 0 Å². The second kappa shape index (κ2) is 7.29. The number of halogens is 3. The van der Waals surface area contributed by atoms with Gasteiger partial charge in [0.2, 0.25) is 0 Å². The normalized spacial score (nSPS) is 35.3. The number of ether oxygens (including phenoxy) is 2. The molecule has 29 heavy (non-hydrogen) atoms. The fourth-order valence-corrected chi connectivity index (χ4v) is 4.37. The lowest BCUT2D eigenvalue weighted by atomic mass is 9.83. The predicted molar refractivity (Wildman–Crippen MR) is 99.7 cm³/mol. The number of fused-ring (bicyclic) bond motifs is 3. The number of rotatable bonds is 2. The third-order valence-electron chi connectivity index (χ3n) is 6.10. The second-order valence-corrected chi connectivity index (χ2v) is 8.15. The lowest BCUT2D eigenvalue weighted by molar-refractivity contribution is -0.140. The average Bonchev–Trinajstić information content (AvgIpc) is 3.25. The highest BCUT2D eigenvalue weighted by molar-refractivity contribution is 5.96. The standard InChI is InChI=1S/C22H23F3O4/c1-21-9-3-5-13(12-26)7-8-16-17(20(27)28-18(16)19(21)29-21)11-14-4-2-6-15(10-14)22(23,24)25/h2,4-6,10-11,16,18-19,26H,3,7-9,12H2,1H3/b13-5+,17-11+/t16-,18+,19+,21-/m1/s1. The predicted octanol–water partition coefficient (Wildman–Crippen LogP) is 4.28. The van der Waals surface area contributed by atoms with E-state index in [9.17, 15) is 23.1 Å². The molecule has 0 radical (unpaired) electrons. The third kappa shape index (κ3) is 3.98. The van der Waals surface area contributed by atoms with E-state index >= 15 is 0 Å². The minimum absolute atomic E-state index is 0.0557. The number of epoxide rings is 1. The van der Waals surface area contributed by atoms with Gasteiger partial charge >= 0.3 is 12.1 Å². The first-order valence-corrected chi connectivity index (χ1v) is 9.78. The summed E-state index contributed by atoms with van der Waals surface area (Å²) >= 11 is 0. The average molecular weight is 408 g/mol. The van der Waals surface area contributed by atoms with Gasteiger partial charge in [0.15, 0.2) is 0 Å². The molecular formula is C22H23F3O4. The topological polar surface area (TPSA) is 59.1 Å². The van der Waals surface area contributed by atoms with E-state index in [1.165, 1.54) is 12.1 Å². The first-order valence-electron chi connectivity index (χ1n) is 9.78. The molecule has 7 heteroatoms. The minimum atomic E-state index is -4.45. The summed E-state index contributed by atoms with van der Waals surface area (Å²) in [5, 5.41) is 9.59. The van der Waals surface area contributed by atoms with Gasteiger partial charge in [0, 0.05) is 11.5 Å². The van der Waals surface area contributed by atoms with E-state index in [1.807, 2.05) is 13.0 Å². The molecule has 1 N–H and O–H groups in total. The second-order valence-electron chi connectivity index (χ2n) is 8.15. The monoisotopic (exact) mass is 408 g/mol. The van der Waals surface area contributed by atoms with Crippen LogP contribution in [-0.2, 0) is 20.4 Å². The lowest BCUT2D eigenvalue weighted by Gasteiger charge is -2.19. The molecule has 0 spiro atoms. The third-order valence-corrected chi connectivity index (χ3v) is 6.10. The highest BCUT2D eigenvalue weighted by Gasteiger charge is 2.61. The largest absolute Gasteiger partial charge is 0.455 e. The van der Waals surface area contributed by atoms with E-state index in [4.69, 9.17) is 9.47 Å². The Morgan fingerprint density at radius 3 is 2.86 bits per heavy atom. The van der Waals surface area contributed by atoms with Gasteiger partial charge in [0.25, 0.3) is 0 Å². The van der Waals surface area contributed by atoms with Gasteiger partial charge in [-0.15, -0.1) is 0 Å². The van der Waals surface area contributed by atoms with Crippen LogP contribution in [0.15, 0.2) is 41.5 Å². The van der Waals surface area contributed by atoms with E-state index in [-0.39, 0.29) is 24.2 Å². The molecule has 0 unspecified atom stereocenters. The van der Waals surface area contributed by atoms with Crippen molar-refractivity contribution in [2.24, 2.45) is 5.92 Å². The van der Waals surface area contributed by atoms with E-state index in [2.05, 4.69) is 0 Å². The molecule has 0 bridgehead atoms. The van der Waals surface area contributed by atoms with Crippen LogP contribution < -0.4 is 0 Å². The Hall–Kier alpha value is -2.12. The number of hydrogen-bond donors (Lipinski definition) is 1. The van der Waals surface area contributed by atoms with Crippen molar-refractivity contribution in [2.45, 2.75) is 56.6 Å². The molecule has 4 atom stereocenters. The van der Waals surface area contributed by atoms with Crippen molar-refractivity contribution in [2.75, 3.05) is 6.61 Å². The number of esters is 1. The van der Waals surface area contributed by atoms with Gasteiger partial charge in [-0.05, 0) is 62.0 Å². The van der Waals surface area contributed by atoms with Gasteiger partial charge in [0.05, 0.1) is 17.8 Å². The molecule has 1 aromatic carbocycles. The minimum Gasteiger partial charge on any atom is -0.455 e. The number of carbonyl (C=O) groups is 1. The van der Waals surface area contributed by atoms with Crippen LogP contribution in [0.4, 0.5) is 13.2 Å². The highest BCUT2D eigenvalue weighted by Crippen LogP contribution is 2.50. The summed E-state index contributed by atoms with van der Waals surface area (Å²) in [6.45, 7) is 1.92. The molecule has 2 saturated heterocycles. The first-order chi connectivity index (χ1) is 13.7. The Morgan fingerprint density at radius 1 is 1.34 bits per heavy atom. The van der Waals surface area contributed by atoms with Gasteiger partial charge in [-0.2, -0.15) is 13.2 Å². The SMILES string of the molecule is C[C@@]12CC/C=C(/CO)CC[C@@H]3/C(=C\c4cccc(C(F)(F)F)c4)C(=O)O[C@@H]3[C@@H]1O2. The zero-order valence-corrected chi connectivity index (χ0v) is 16.0. The molecule has 1 aromatic rings. The Balaban J connectivity index is 1.67. The van der Waals surface area contributed by atoms with Crippen LogP contribution in [0.3, 0.4) is 0 Å². The number of benzene rings is 1. The van der Waals surface area contributed by atoms with Crippen LogP contribution >= 0.6 is 0 Å². The number of aliphatic hydroxyl groups is 1. The van der Waals surface area contributed by atoms with E-state index in [1.54, 1.807) is 6.07 Å². The maximum Gasteiger partial charge on any atom is 0.416 e. The number of hydrogen-bond acceptors (Lipinski definition) is 4. The van der Waals surface area contributed by atoms with Crippen molar-refractivity contribution in [3.05, 3.63) is 52.6 Å². The van der Waals surface area contributed by atoms with Crippen molar-refractivity contribution in [1.29, 1.82) is 0 Å². The Labute approximate surface area is 167 Å². The van der Waals surface area contributed by atoms with Crippen LogP contribution in [0, 0.1) is 5.92 Å². The molecule has 0 amide bonds. The quantitative estimate of drug-likeness (QED) is 0.344. The molecule has 4 nitrogen and oxygen atoms in total. The molecule has 3 aliphatic rings. The molecular weight excluding hydrogens is 385 g/mol. The van der Waals surface area contributed by atoms with Crippen LogP contribution in [0.5, 0.6) is 0 Å².